The van der Waals surface area contributed by atoms with Crippen LogP contribution >= 0.6 is 0 Å². The van der Waals surface area contributed by atoms with E-state index >= 15 is 0 Å². The van der Waals surface area contributed by atoms with Crippen LogP contribution in [0.2, 0.25) is 0 Å². The monoisotopic (exact) mass is 655 g/mol. The van der Waals surface area contributed by atoms with Crippen LogP contribution in [0, 0.1) is 11.8 Å². The van der Waals surface area contributed by atoms with Crippen molar-refractivity contribution >= 4 is 11.9 Å². The molecule has 4 atom stereocenters. The number of carbonyl (C=O) groups excluding carboxylic acids is 2. The molecule has 1 aliphatic carbocycles. The van der Waals surface area contributed by atoms with Crippen molar-refractivity contribution in [2.45, 2.75) is 44.1 Å². The SMILES string of the molecule is COc1cc(C2c3cc4c(cc3[C@@H](NC(=O)CCCNCCCNCCCNCCCN)[C@H]3COC(=O)[C@H]23)OCO4)cc(OC)c1O. The zero-order valence-corrected chi connectivity index (χ0v) is 27.4. The van der Waals surface area contributed by atoms with Crippen LogP contribution in [0.3, 0.4) is 0 Å². The van der Waals surface area contributed by atoms with Crippen molar-refractivity contribution in [2.75, 3.05) is 73.4 Å². The number of hydrogen-bond donors (Lipinski definition) is 6. The largest absolute Gasteiger partial charge is 0.502 e. The average molecular weight is 656 g/mol. The van der Waals surface area contributed by atoms with Gasteiger partial charge in [0.1, 0.15) is 0 Å². The van der Waals surface area contributed by atoms with E-state index in [9.17, 15) is 14.7 Å². The number of ether oxygens (including phenoxy) is 5. The number of cyclic esters (lactones) is 1. The summed E-state index contributed by atoms with van der Waals surface area (Å²) in [7, 11) is 2.92. The molecule has 1 amide bonds. The molecule has 258 valence electrons. The molecule has 0 radical (unpaired) electrons. The third kappa shape index (κ3) is 8.21. The third-order valence-electron chi connectivity index (χ3n) is 9.09. The minimum absolute atomic E-state index is 0.0891. The van der Waals surface area contributed by atoms with E-state index in [1.807, 2.05) is 12.1 Å². The molecule has 7 N–H and O–H groups in total. The summed E-state index contributed by atoms with van der Waals surface area (Å²) in [6.07, 6.45) is 4.15. The van der Waals surface area contributed by atoms with Gasteiger partial charge in [-0.2, -0.15) is 0 Å². The lowest BCUT2D eigenvalue weighted by Crippen LogP contribution is -2.43. The summed E-state index contributed by atoms with van der Waals surface area (Å²) in [4.78, 5) is 26.6. The number of nitrogens with two attached hydrogens (primary N) is 1. The summed E-state index contributed by atoms with van der Waals surface area (Å²) in [6, 6.07) is 6.75. The molecule has 2 aromatic carbocycles. The molecular formula is C34H49N5O8. The van der Waals surface area contributed by atoms with Crippen LogP contribution < -0.4 is 45.9 Å². The number of methoxy groups -OCH3 is 2. The molecule has 0 aromatic heterocycles. The van der Waals surface area contributed by atoms with Gasteiger partial charge in [0, 0.05) is 18.3 Å². The summed E-state index contributed by atoms with van der Waals surface area (Å²) < 4.78 is 27.9. The quantitative estimate of drug-likeness (QED) is 0.0960. The van der Waals surface area contributed by atoms with Crippen molar-refractivity contribution in [3.05, 3.63) is 41.0 Å². The Labute approximate surface area is 276 Å². The van der Waals surface area contributed by atoms with E-state index in [4.69, 9.17) is 29.4 Å². The van der Waals surface area contributed by atoms with Crippen LogP contribution in [0.25, 0.3) is 0 Å². The van der Waals surface area contributed by atoms with Gasteiger partial charge in [-0.05, 0) is 112 Å². The average Bonchev–Trinajstić information content (AvgIpc) is 3.70. The number of nitrogens with one attached hydrogen (secondary N) is 4. The Kier molecular flexibility index (Phi) is 12.4. The molecule has 0 spiro atoms. The van der Waals surface area contributed by atoms with E-state index in [2.05, 4.69) is 21.3 Å². The van der Waals surface area contributed by atoms with Gasteiger partial charge in [-0.1, -0.05) is 0 Å². The van der Waals surface area contributed by atoms with Crippen LogP contribution in [-0.2, 0) is 14.3 Å². The van der Waals surface area contributed by atoms with Crippen LogP contribution in [0.4, 0.5) is 0 Å². The fourth-order valence-electron chi connectivity index (χ4n) is 6.74. The van der Waals surface area contributed by atoms with E-state index in [0.717, 1.165) is 76.2 Å². The number of aromatic hydroxyl groups is 1. The minimum atomic E-state index is -0.588. The smallest absolute Gasteiger partial charge is 0.310 e. The second-order valence-corrected chi connectivity index (χ2v) is 12.2. The summed E-state index contributed by atoms with van der Waals surface area (Å²) in [5, 5.41) is 24.1. The van der Waals surface area contributed by atoms with Gasteiger partial charge in [0.15, 0.2) is 23.0 Å². The maximum atomic E-state index is 13.3. The lowest BCUT2D eigenvalue weighted by atomic mass is 9.65. The van der Waals surface area contributed by atoms with Crippen molar-refractivity contribution in [2.24, 2.45) is 17.6 Å². The van der Waals surface area contributed by atoms with Crippen LogP contribution in [0.1, 0.15) is 60.8 Å². The fraction of sp³-hybridized carbons (Fsp3) is 0.588. The molecule has 2 heterocycles. The molecule has 5 rings (SSSR count). The maximum Gasteiger partial charge on any atom is 0.310 e. The van der Waals surface area contributed by atoms with Crippen molar-refractivity contribution in [3.63, 3.8) is 0 Å². The number of carbonyl (C=O) groups is 2. The Morgan fingerprint density at radius 1 is 0.851 bits per heavy atom. The Hall–Kier alpha value is -3.78. The topological polar surface area (TPSA) is 175 Å². The Bertz CT molecular complexity index is 1350. The van der Waals surface area contributed by atoms with E-state index < -0.39 is 17.9 Å². The van der Waals surface area contributed by atoms with Crippen molar-refractivity contribution < 1.29 is 38.4 Å². The van der Waals surface area contributed by atoms with E-state index in [1.165, 1.54) is 14.2 Å². The summed E-state index contributed by atoms with van der Waals surface area (Å²) in [5.41, 5.74) is 7.87. The van der Waals surface area contributed by atoms with Crippen LogP contribution in [0.15, 0.2) is 24.3 Å². The number of hydrogen-bond acceptors (Lipinski definition) is 12. The summed E-state index contributed by atoms with van der Waals surface area (Å²) >= 11 is 0. The molecule has 0 saturated carbocycles. The number of phenolic OH excluding ortho intramolecular Hbond substituents is 1. The fourth-order valence-corrected chi connectivity index (χ4v) is 6.74. The van der Waals surface area contributed by atoms with Crippen molar-refractivity contribution in [1.29, 1.82) is 0 Å². The second-order valence-electron chi connectivity index (χ2n) is 12.2. The Balaban J connectivity index is 1.20. The first-order chi connectivity index (χ1) is 23.0. The molecule has 2 aromatic rings. The van der Waals surface area contributed by atoms with Crippen molar-refractivity contribution in [1.82, 2.24) is 21.3 Å². The number of amides is 1. The lowest BCUT2D eigenvalue weighted by Gasteiger charge is -2.39. The van der Waals surface area contributed by atoms with Crippen molar-refractivity contribution in [3.8, 4) is 28.7 Å². The number of fused-ring (bicyclic) bond motifs is 3. The Morgan fingerprint density at radius 3 is 2.02 bits per heavy atom. The Morgan fingerprint density at radius 2 is 1.43 bits per heavy atom. The summed E-state index contributed by atoms with van der Waals surface area (Å²) in [5.74, 6) is -0.315. The highest BCUT2D eigenvalue weighted by atomic mass is 16.7. The first kappa shape index (κ1) is 34.6. The third-order valence-corrected chi connectivity index (χ3v) is 9.09. The molecule has 0 bridgehead atoms. The highest BCUT2D eigenvalue weighted by Gasteiger charge is 2.53. The van der Waals surface area contributed by atoms with Gasteiger partial charge in [0.05, 0.1) is 32.8 Å². The number of phenols is 1. The van der Waals surface area contributed by atoms with Gasteiger partial charge >= 0.3 is 5.97 Å². The molecule has 47 heavy (non-hydrogen) atoms. The molecule has 2 aliphatic heterocycles. The zero-order chi connectivity index (χ0) is 33.2. The molecule has 13 heteroatoms. The first-order valence-corrected chi connectivity index (χ1v) is 16.6. The van der Waals surface area contributed by atoms with E-state index in [-0.39, 0.29) is 48.4 Å². The number of benzene rings is 2. The molecule has 1 saturated heterocycles. The zero-order valence-electron chi connectivity index (χ0n) is 27.4. The van der Waals surface area contributed by atoms with Gasteiger partial charge in [-0.15, -0.1) is 0 Å². The second kappa shape index (κ2) is 16.9. The first-order valence-electron chi connectivity index (χ1n) is 16.6. The minimum Gasteiger partial charge on any atom is -0.502 e. The van der Waals surface area contributed by atoms with E-state index in [1.54, 1.807) is 12.1 Å². The van der Waals surface area contributed by atoms with Gasteiger partial charge < -0.3 is 55.8 Å². The standard InChI is InChI=1S/C34H49N5O8/c1-43-27-15-21(16-28(44-2)33(27)41)30-22-17-25-26(47-20-46-25)18-23(22)32(24-19-45-34(42)31(24)30)39-29(40)7-3-9-36-11-5-13-38-14-6-12-37-10-4-8-35/h15-18,24,30-32,36-38,41H,3-14,19-20,35H2,1-2H3,(H,39,40)/t24-,30?,31-,32+/m0/s1. The maximum absolute atomic E-state index is 13.3. The molecular weight excluding hydrogens is 606 g/mol. The van der Waals surface area contributed by atoms with Crippen LogP contribution in [0.5, 0.6) is 28.7 Å². The van der Waals surface area contributed by atoms with Gasteiger partial charge in [0.2, 0.25) is 18.4 Å². The molecule has 1 fully saturated rings. The predicted molar refractivity (Wildman–Crippen MR) is 175 cm³/mol. The van der Waals surface area contributed by atoms with Gasteiger partial charge in [0.25, 0.3) is 0 Å². The predicted octanol–water partition coefficient (Wildman–Crippen LogP) is 1.91. The van der Waals surface area contributed by atoms with Gasteiger partial charge in [-0.3, -0.25) is 9.59 Å². The highest BCUT2D eigenvalue weighted by Crippen LogP contribution is 2.55. The lowest BCUT2D eigenvalue weighted by molar-refractivity contribution is -0.141. The highest BCUT2D eigenvalue weighted by molar-refractivity contribution is 5.81. The van der Waals surface area contributed by atoms with Gasteiger partial charge in [-0.25, -0.2) is 0 Å². The molecule has 1 unspecified atom stereocenters. The summed E-state index contributed by atoms with van der Waals surface area (Å²) in [6.45, 7) is 6.50. The van der Waals surface area contributed by atoms with Crippen LogP contribution in [-0.4, -0.2) is 90.4 Å². The number of rotatable bonds is 19. The molecule has 3 aliphatic rings. The number of esters is 1. The van der Waals surface area contributed by atoms with E-state index in [0.29, 0.717) is 29.9 Å². The molecule has 13 nitrogen and oxygen atoms in total. The normalized spacial score (nSPS) is 20.8.